The maximum absolute atomic E-state index is 12.5. The maximum atomic E-state index is 12.5. The number of hydrogen-bond donors (Lipinski definition) is 0. The summed E-state index contributed by atoms with van der Waals surface area (Å²) in [4.78, 5) is 14.4. The van der Waals surface area contributed by atoms with E-state index in [2.05, 4.69) is 5.10 Å². The molecule has 0 aliphatic carbocycles. The van der Waals surface area contributed by atoms with Crippen LogP contribution in [0.25, 0.3) is 6.08 Å². The number of para-hydroxylation sites is 1. The first-order chi connectivity index (χ1) is 12.6. The van der Waals surface area contributed by atoms with Gasteiger partial charge in [-0.1, -0.05) is 41.9 Å². The second-order valence-electron chi connectivity index (χ2n) is 6.12. The summed E-state index contributed by atoms with van der Waals surface area (Å²) >= 11 is 6.30. The smallest absolute Gasteiger partial charge is 0.376 e. The van der Waals surface area contributed by atoms with Crippen molar-refractivity contribution in [3.05, 3.63) is 64.7 Å². The topological polar surface area (TPSA) is 45.1 Å². The van der Waals surface area contributed by atoms with Crippen molar-refractivity contribution in [1.29, 1.82) is 0 Å². The second kappa shape index (κ2) is 6.50. The third kappa shape index (κ3) is 2.65. The van der Waals surface area contributed by atoms with Crippen LogP contribution in [0.2, 0.25) is 5.02 Å². The van der Waals surface area contributed by atoms with Crippen molar-refractivity contribution in [2.45, 2.75) is 20.0 Å². The molecule has 1 unspecified atom stereocenters. The Labute approximate surface area is 157 Å². The van der Waals surface area contributed by atoms with Crippen molar-refractivity contribution in [2.24, 2.45) is 5.10 Å². The van der Waals surface area contributed by atoms with Gasteiger partial charge in [0, 0.05) is 5.02 Å². The number of halogens is 1. The molecule has 2 aromatic rings. The van der Waals surface area contributed by atoms with Crippen LogP contribution in [0.15, 0.2) is 53.6 Å². The number of anilines is 2. The molecular formula is C20H18ClN3O2. The molecule has 2 aliphatic rings. The zero-order valence-corrected chi connectivity index (χ0v) is 15.3. The fourth-order valence-corrected chi connectivity index (χ4v) is 3.35. The Kier molecular flexibility index (Phi) is 4.17. The standard InChI is InChI=1S/C20H18ClN3O2/c1-3-26-20(25)19-22-24(15-10-8-13(2)16(21)12-15)18-11-9-14-6-4-5-7-17(14)23(18)19/h4-12,18H,3H2,1-2H3. The van der Waals surface area contributed by atoms with Crippen LogP contribution in [-0.4, -0.2) is 24.6 Å². The van der Waals surface area contributed by atoms with Crippen LogP contribution in [0, 0.1) is 6.92 Å². The average Bonchev–Trinajstić information content (AvgIpc) is 3.04. The fourth-order valence-electron chi connectivity index (χ4n) is 3.18. The van der Waals surface area contributed by atoms with Crippen LogP contribution in [0.4, 0.5) is 11.4 Å². The predicted molar refractivity (Wildman–Crippen MR) is 104 cm³/mol. The summed E-state index contributed by atoms with van der Waals surface area (Å²) in [6.07, 6.45) is 3.82. The number of rotatable bonds is 3. The van der Waals surface area contributed by atoms with Gasteiger partial charge in [0.1, 0.15) is 6.17 Å². The Morgan fingerprint density at radius 1 is 1.27 bits per heavy atom. The molecule has 2 aliphatic heterocycles. The summed E-state index contributed by atoms with van der Waals surface area (Å²) in [6, 6.07) is 13.7. The molecular weight excluding hydrogens is 350 g/mol. The van der Waals surface area contributed by atoms with E-state index in [0.717, 1.165) is 22.5 Å². The molecule has 0 saturated carbocycles. The van der Waals surface area contributed by atoms with E-state index in [1.54, 1.807) is 11.9 Å². The van der Waals surface area contributed by atoms with E-state index >= 15 is 0 Å². The number of carbonyl (C=O) groups excluding carboxylic acids is 1. The average molecular weight is 368 g/mol. The van der Waals surface area contributed by atoms with Crippen LogP contribution in [0.1, 0.15) is 18.1 Å². The Balaban J connectivity index is 1.82. The van der Waals surface area contributed by atoms with E-state index in [1.165, 1.54) is 0 Å². The Hall–Kier alpha value is -2.79. The van der Waals surface area contributed by atoms with Gasteiger partial charge in [0.2, 0.25) is 5.84 Å². The maximum Gasteiger partial charge on any atom is 0.376 e. The number of esters is 1. The lowest BCUT2D eigenvalue weighted by atomic mass is 10.1. The fraction of sp³-hybridized carbons (Fsp3) is 0.200. The first kappa shape index (κ1) is 16.7. The summed E-state index contributed by atoms with van der Waals surface area (Å²) < 4.78 is 5.23. The van der Waals surface area contributed by atoms with Crippen LogP contribution in [0.3, 0.4) is 0 Å². The number of nitrogens with zero attached hydrogens (tertiary/aromatic N) is 3. The van der Waals surface area contributed by atoms with Gasteiger partial charge in [-0.2, -0.15) is 0 Å². The largest absolute Gasteiger partial charge is 0.460 e. The molecule has 0 radical (unpaired) electrons. The number of fused-ring (bicyclic) bond motifs is 3. The quantitative estimate of drug-likeness (QED) is 0.762. The van der Waals surface area contributed by atoms with Crippen LogP contribution >= 0.6 is 11.6 Å². The number of amidine groups is 1. The SMILES string of the molecule is CCOC(=O)C1=NN(c2ccc(C)c(Cl)c2)C2C=Cc3ccccc3N12. The Bertz CT molecular complexity index is 938. The summed E-state index contributed by atoms with van der Waals surface area (Å²) in [5.74, 6) is -0.173. The molecule has 0 fully saturated rings. The number of benzene rings is 2. The van der Waals surface area contributed by atoms with E-state index in [4.69, 9.17) is 16.3 Å². The van der Waals surface area contributed by atoms with Gasteiger partial charge in [-0.3, -0.25) is 4.90 Å². The highest BCUT2D eigenvalue weighted by molar-refractivity contribution is 6.42. The number of hydrogen-bond acceptors (Lipinski definition) is 5. The molecule has 132 valence electrons. The highest BCUT2D eigenvalue weighted by Crippen LogP contribution is 2.37. The first-order valence-electron chi connectivity index (χ1n) is 8.47. The molecule has 0 aromatic heterocycles. The van der Waals surface area contributed by atoms with Crippen LogP contribution in [0.5, 0.6) is 0 Å². The minimum atomic E-state index is -0.441. The summed E-state index contributed by atoms with van der Waals surface area (Å²) in [5, 5.41) is 7.04. The monoisotopic (exact) mass is 367 g/mol. The van der Waals surface area contributed by atoms with Crippen molar-refractivity contribution in [3.8, 4) is 0 Å². The van der Waals surface area contributed by atoms with Gasteiger partial charge in [-0.25, -0.2) is 9.80 Å². The molecule has 0 saturated heterocycles. The summed E-state index contributed by atoms with van der Waals surface area (Å²) in [7, 11) is 0. The van der Waals surface area contributed by atoms with Gasteiger partial charge in [0.15, 0.2) is 0 Å². The van der Waals surface area contributed by atoms with Crippen LogP contribution < -0.4 is 9.91 Å². The van der Waals surface area contributed by atoms with Gasteiger partial charge >= 0.3 is 5.97 Å². The molecule has 4 rings (SSSR count). The lowest BCUT2D eigenvalue weighted by molar-refractivity contribution is -0.135. The normalized spacial score (nSPS) is 17.7. The number of hydrazone groups is 1. The Morgan fingerprint density at radius 3 is 2.85 bits per heavy atom. The van der Waals surface area contributed by atoms with E-state index in [-0.39, 0.29) is 12.0 Å². The molecule has 6 heteroatoms. The molecule has 0 N–H and O–H groups in total. The molecule has 5 nitrogen and oxygen atoms in total. The molecule has 2 heterocycles. The van der Waals surface area contributed by atoms with E-state index in [1.807, 2.05) is 66.4 Å². The number of ether oxygens (including phenoxy) is 1. The second-order valence-corrected chi connectivity index (χ2v) is 6.53. The molecule has 2 aromatic carbocycles. The zero-order valence-electron chi connectivity index (χ0n) is 14.5. The highest BCUT2D eigenvalue weighted by Gasteiger charge is 2.41. The van der Waals surface area contributed by atoms with Crippen molar-refractivity contribution < 1.29 is 9.53 Å². The molecule has 0 amide bonds. The van der Waals surface area contributed by atoms with E-state index in [0.29, 0.717) is 11.6 Å². The molecule has 0 spiro atoms. The molecule has 26 heavy (non-hydrogen) atoms. The number of carbonyl (C=O) groups is 1. The van der Waals surface area contributed by atoms with Crippen LogP contribution in [-0.2, 0) is 9.53 Å². The third-order valence-corrected chi connectivity index (χ3v) is 4.88. The van der Waals surface area contributed by atoms with Crippen molar-refractivity contribution in [2.75, 3.05) is 16.5 Å². The third-order valence-electron chi connectivity index (χ3n) is 4.47. The van der Waals surface area contributed by atoms with Crippen molar-refractivity contribution >= 4 is 40.9 Å². The van der Waals surface area contributed by atoms with Gasteiger partial charge in [-0.15, -0.1) is 5.10 Å². The molecule has 0 bridgehead atoms. The van der Waals surface area contributed by atoms with Gasteiger partial charge < -0.3 is 4.74 Å². The molecule has 1 atom stereocenters. The summed E-state index contributed by atoms with van der Waals surface area (Å²) in [5.41, 5.74) is 3.77. The predicted octanol–water partition coefficient (Wildman–Crippen LogP) is 4.20. The Morgan fingerprint density at radius 2 is 2.08 bits per heavy atom. The number of aryl methyl sites for hydroxylation is 1. The van der Waals surface area contributed by atoms with E-state index in [9.17, 15) is 4.79 Å². The lowest BCUT2D eigenvalue weighted by Gasteiger charge is -2.33. The zero-order chi connectivity index (χ0) is 18.3. The van der Waals surface area contributed by atoms with E-state index < -0.39 is 5.97 Å². The van der Waals surface area contributed by atoms with Gasteiger partial charge in [0.25, 0.3) is 0 Å². The van der Waals surface area contributed by atoms with Crippen molar-refractivity contribution in [1.82, 2.24) is 0 Å². The highest BCUT2D eigenvalue weighted by atomic mass is 35.5. The lowest BCUT2D eigenvalue weighted by Crippen LogP contribution is -2.45. The summed E-state index contributed by atoms with van der Waals surface area (Å²) in [6.45, 7) is 4.03. The first-order valence-corrected chi connectivity index (χ1v) is 8.85. The van der Waals surface area contributed by atoms with Gasteiger partial charge in [0.05, 0.1) is 18.0 Å². The van der Waals surface area contributed by atoms with Crippen molar-refractivity contribution in [3.63, 3.8) is 0 Å². The minimum absolute atomic E-state index is 0.247. The minimum Gasteiger partial charge on any atom is -0.460 e. The van der Waals surface area contributed by atoms with Gasteiger partial charge in [-0.05, 0) is 49.2 Å².